The van der Waals surface area contributed by atoms with Crippen LogP contribution in [0.1, 0.15) is 123 Å². The Morgan fingerprint density at radius 1 is 0.864 bits per heavy atom. The van der Waals surface area contributed by atoms with Gasteiger partial charge in [-0.1, -0.05) is 55.3 Å². The minimum Gasteiger partial charge on any atom is -0.494 e. The van der Waals surface area contributed by atoms with E-state index in [0.717, 1.165) is 53.9 Å². The highest BCUT2D eigenvalue weighted by Gasteiger charge is 2.45. The molecule has 16 heteroatoms. The largest absolute Gasteiger partial charge is 0.494 e. The Hall–Kier alpha value is -7.20. The van der Waals surface area contributed by atoms with Crippen molar-refractivity contribution in [2.75, 3.05) is 39.1 Å². The standard InChI is InChI=1S/C50H54N8O8/c1-50(2)43-38(29-57(50)41(60)26-34(28-56(3)4)30-13-8-7-9-14-30)44(55-54-43)53-46(62)32-19-17-31(18-20-32)45(61)51-23-10-5-6-11-24-66-35-25-33-15-12-16-36-42(33)37(27-35)49(65)58(48(36)64)39-21-22-40(59)52-47(39)63/h7-9,12-20,25,27,34,39H,5-6,10-11,21-24,26,28-29H2,1-4H3,(H,51,61)(H,52,59,63)(H2,53,54,55,62)/t34-,39?/m1/s1. The number of imide groups is 2. The van der Waals surface area contributed by atoms with Gasteiger partial charge in [0.2, 0.25) is 17.7 Å². The fourth-order valence-electron chi connectivity index (χ4n) is 9.22. The van der Waals surface area contributed by atoms with Gasteiger partial charge >= 0.3 is 0 Å². The van der Waals surface area contributed by atoms with Gasteiger partial charge in [-0.15, -0.1) is 0 Å². The van der Waals surface area contributed by atoms with Crippen molar-refractivity contribution in [2.45, 2.75) is 82.8 Å². The van der Waals surface area contributed by atoms with Gasteiger partial charge in [-0.25, -0.2) is 0 Å². The first-order chi connectivity index (χ1) is 31.7. The van der Waals surface area contributed by atoms with Gasteiger partial charge in [0.25, 0.3) is 23.6 Å². The Balaban J connectivity index is 0.776. The molecular weight excluding hydrogens is 841 g/mol. The molecule has 1 aromatic heterocycles. The molecule has 2 atom stereocenters. The number of piperidine rings is 1. The highest BCUT2D eigenvalue weighted by atomic mass is 16.5. The number of hydrogen-bond donors (Lipinski definition) is 4. The van der Waals surface area contributed by atoms with Gasteiger partial charge in [-0.05, 0) is 101 Å². The molecule has 3 aliphatic rings. The SMILES string of the molecule is CN(C)C[C@@H](CC(=O)N1Cc2c(NC(=O)c3ccc(C(=O)NCCCCCCOc4cc5c6c(cccc6c4)C(=O)N(C4CCC(=O)NC4=O)C5=O)cc3)n[nH]c2C1(C)C)c1ccccc1. The number of nitrogens with zero attached hydrogens (tertiary/aromatic N) is 4. The summed E-state index contributed by atoms with van der Waals surface area (Å²) in [5.74, 6) is -2.04. The van der Waals surface area contributed by atoms with Crippen LogP contribution in [0.5, 0.6) is 5.75 Å². The van der Waals surface area contributed by atoms with Crippen LogP contribution in [0.15, 0.2) is 84.9 Å². The molecule has 1 saturated heterocycles. The molecule has 0 saturated carbocycles. The summed E-state index contributed by atoms with van der Waals surface area (Å²) in [5.41, 5.74) is 3.35. The molecule has 3 aliphatic heterocycles. The molecule has 4 heterocycles. The predicted octanol–water partition coefficient (Wildman–Crippen LogP) is 5.90. The molecule has 5 aromatic rings. The highest BCUT2D eigenvalue weighted by Crippen LogP contribution is 2.42. The van der Waals surface area contributed by atoms with E-state index in [4.69, 9.17) is 4.74 Å². The van der Waals surface area contributed by atoms with Crippen molar-refractivity contribution in [3.63, 3.8) is 0 Å². The molecule has 4 aromatic carbocycles. The number of benzene rings is 4. The van der Waals surface area contributed by atoms with Crippen molar-refractivity contribution in [3.8, 4) is 5.75 Å². The van der Waals surface area contributed by atoms with Crippen LogP contribution in [0.4, 0.5) is 5.82 Å². The third kappa shape index (κ3) is 9.31. The fraction of sp³-hybridized carbons (Fsp3) is 0.360. The van der Waals surface area contributed by atoms with E-state index in [1.807, 2.05) is 51.0 Å². The zero-order valence-electron chi connectivity index (χ0n) is 37.6. The Bertz CT molecular complexity index is 2710. The molecule has 7 amide bonds. The number of carbonyl (C=O) groups excluding carboxylic acids is 7. The molecule has 0 bridgehead atoms. The van der Waals surface area contributed by atoms with E-state index in [9.17, 15) is 33.6 Å². The van der Waals surface area contributed by atoms with Crippen LogP contribution in [-0.4, -0.2) is 106 Å². The van der Waals surface area contributed by atoms with E-state index in [-0.39, 0.29) is 42.0 Å². The second kappa shape index (κ2) is 19.1. The monoisotopic (exact) mass is 894 g/mol. The quantitative estimate of drug-likeness (QED) is 0.0643. The lowest BCUT2D eigenvalue weighted by Gasteiger charge is -2.34. The number of hydrogen-bond acceptors (Lipinski definition) is 10. The number of likely N-dealkylation sites (N-methyl/N-ethyl adjacent to an activating group) is 1. The van der Waals surface area contributed by atoms with Gasteiger partial charge in [0.1, 0.15) is 11.8 Å². The number of nitrogens with one attached hydrogen (secondary N) is 4. The summed E-state index contributed by atoms with van der Waals surface area (Å²) >= 11 is 0. The smallest absolute Gasteiger partial charge is 0.262 e. The molecular formula is C50H54N8O8. The topological polar surface area (TPSA) is 203 Å². The van der Waals surface area contributed by atoms with Gasteiger partial charge in [-0.2, -0.15) is 5.10 Å². The van der Waals surface area contributed by atoms with Gasteiger partial charge < -0.3 is 25.2 Å². The van der Waals surface area contributed by atoms with Crippen LogP contribution in [0.2, 0.25) is 0 Å². The number of unbranched alkanes of at least 4 members (excludes halogenated alkanes) is 3. The second-order valence-corrected chi connectivity index (χ2v) is 17.9. The Morgan fingerprint density at radius 2 is 1.58 bits per heavy atom. The minimum atomic E-state index is -1.07. The second-order valence-electron chi connectivity index (χ2n) is 17.9. The molecule has 1 fully saturated rings. The van der Waals surface area contributed by atoms with E-state index in [2.05, 4.69) is 43.2 Å². The number of H-pyrrole nitrogens is 1. The van der Waals surface area contributed by atoms with E-state index in [1.165, 1.54) is 0 Å². The Kier molecular flexibility index (Phi) is 13.1. The first kappa shape index (κ1) is 45.4. The van der Waals surface area contributed by atoms with Crippen LogP contribution in [0, 0.1) is 0 Å². The van der Waals surface area contributed by atoms with Crippen molar-refractivity contribution < 1.29 is 38.3 Å². The third-order valence-electron chi connectivity index (χ3n) is 12.7. The molecule has 0 aliphatic carbocycles. The van der Waals surface area contributed by atoms with Crippen LogP contribution >= 0.6 is 0 Å². The number of carbonyl (C=O) groups is 7. The zero-order valence-corrected chi connectivity index (χ0v) is 37.6. The van der Waals surface area contributed by atoms with Crippen molar-refractivity contribution in [2.24, 2.45) is 0 Å². The zero-order chi connectivity index (χ0) is 46.7. The van der Waals surface area contributed by atoms with Crippen LogP contribution in [0.3, 0.4) is 0 Å². The summed E-state index contributed by atoms with van der Waals surface area (Å²) in [5, 5.41) is 16.7. The molecule has 0 spiro atoms. The summed E-state index contributed by atoms with van der Waals surface area (Å²) in [6.07, 6.45) is 3.57. The van der Waals surface area contributed by atoms with E-state index in [0.29, 0.717) is 65.1 Å². The first-order valence-electron chi connectivity index (χ1n) is 22.4. The number of anilines is 1. The Morgan fingerprint density at radius 3 is 2.30 bits per heavy atom. The first-order valence-corrected chi connectivity index (χ1v) is 22.4. The van der Waals surface area contributed by atoms with Crippen molar-refractivity contribution in [1.29, 1.82) is 0 Å². The highest BCUT2D eigenvalue weighted by molar-refractivity contribution is 6.27. The molecule has 342 valence electrons. The van der Waals surface area contributed by atoms with Crippen molar-refractivity contribution in [1.82, 2.24) is 35.5 Å². The van der Waals surface area contributed by atoms with E-state index < -0.39 is 35.2 Å². The van der Waals surface area contributed by atoms with E-state index in [1.54, 1.807) is 54.6 Å². The van der Waals surface area contributed by atoms with Crippen molar-refractivity contribution in [3.05, 3.63) is 124 Å². The Labute approximate surface area is 382 Å². The summed E-state index contributed by atoms with van der Waals surface area (Å²) in [6.45, 7) is 5.83. The average molecular weight is 895 g/mol. The lowest BCUT2D eigenvalue weighted by Crippen LogP contribution is -2.57. The van der Waals surface area contributed by atoms with Gasteiger partial charge in [0.15, 0.2) is 5.82 Å². The lowest BCUT2D eigenvalue weighted by molar-refractivity contribution is -0.138. The van der Waals surface area contributed by atoms with Crippen LogP contribution < -0.4 is 20.7 Å². The number of aromatic nitrogens is 2. The van der Waals surface area contributed by atoms with Crippen LogP contribution in [-0.2, 0) is 26.5 Å². The molecule has 8 rings (SSSR count). The maximum absolute atomic E-state index is 13.9. The average Bonchev–Trinajstić information content (AvgIpc) is 3.83. The summed E-state index contributed by atoms with van der Waals surface area (Å²) in [4.78, 5) is 96.5. The minimum absolute atomic E-state index is 0.0172. The number of ether oxygens (including phenoxy) is 1. The summed E-state index contributed by atoms with van der Waals surface area (Å²) in [7, 11) is 4.00. The molecule has 4 N–H and O–H groups in total. The molecule has 1 unspecified atom stereocenters. The predicted molar refractivity (Wildman–Crippen MR) is 246 cm³/mol. The van der Waals surface area contributed by atoms with E-state index >= 15 is 0 Å². The number of rotatable bonds is 17. The third-order valence-corrected chi connectivity index (χ3v) is 12.7. The van der Waals surface area contributed by atoms with Gasteiger partial charge in [-0.3, -0.25) is 48.9 Å². The normalized spacial score (nSPS) is 16.9. The molecule has 16 nitrogen and oxygen atoms in total. The van der Waals surface area contributed by atoms with Gasteiger partial charge in [0, 0.05) is 59.5 Å². The summed E-state index contributed by atoms with van der Waals surface area (Å²) < 4.78 is 6.05. The fourth-order valence-corrected chi connectivity index (χ4v) is 9.22. The lowest BCUT2D eigenvalue weighted by atomic mass is 9.91. The molecule has 0 radical (unpaired) electrons. The maximum Gasteiger partial charge on any atom is 0.262 e. The van der Waals surface area contributed by atoms with Crippen LogP contribution in [0.25, 0.3) is 10.8 Å². The van der Waals surface area contributed by atoms with Gasteiger partial charge in [0.05, 0.1) is 29.9 Å². The number of aromatic amines is 1. The van der Waals surface area contributed by atoms with Crippen molar-refractivity contribution >= 4 is 57.9 Å². The maximum atomic E-state index is 13.9. The summed E-state index contributed by atoms with van der Waals surface area (Å²) in [6, 6.07) is 23.9. The number of fused-ring (bicyclic) bond motifs is 1. The molecule has 66 heavy (non-hydrogen) atoms. The number of amides is 7.